The highest BCUT2D eigenvalue weighted by molar-refractivity contribution is 6.02. The van der Waals surface area contributed by atoms with Gasteiger partial charge in [-0.25, -0.2) is 0 Å². The van der Waals surface area contributed by atoms with Gasteiger partial charge in [-0.15, -0.1) is 0 Å². The molecule has 1 aliphatic carbocycles. The van der Waals surface area contributed by atoms with Crippen LogP contribution in [-0.2, 0) is 25.5 Å². The maximum atomic E-state index is 14.7. The third kappa shape index (κ3) is 5.28. The average Bonchev–Trinajstić information content (AvgIpc) is 3.65. The van der Waals surface area contributed by atoms with Crippen LogP contribution in [0, 0.1) is 11.8 Å². The fourth-order valence-electron chi connectivity index (χ4n) is 8.43. The molecular formula is C35H45N3O6. The summed E-state index contributed by atoms with van der Waals surface area (Å²) in [6.45, 7) is 4.14. The Morgan fingerprint density at radius 1 is 1.02 bits per heavy atom. The number of anilines is 1. The fraction of sp³-hybridized carbons (Fsp3) is 0.571. The van der Waals surface area contributed by atoms with Crippen molar-refractivity contribution in [1.82, 2.24) is 10.2 Å². The highest BCUT2D eigenvalue weighted by Crippen LogP contribution is 2.64. The van der Waals surface area contributed by atoms with Crippen LogP contribution < -0.4 is 15.4 Å². The lowest BCUT2D eigenvalue weighted by molar-refractivity contribution is -0.150. The van der Waals surface area contributed by atoms with Crippen molar-refractivity contribution >= 4 is 23.4 Å². The molecule has 6 atom stereocenters. The molecule has 3 N–H and O–H groups in total. The molecule has 3 saturated heterocycles. The Kier molecular flexibility index (Phi) is 8.70. The van der Waals surface area contributed by atoms with Crippen LogP contribution in [0.2, 0.25) is 0 Å². The first-order valence-corrected chi connectivity index (χ1v) is 16.4. The Bertz CT molecular complexity index is 1350. The van der Waals surface area contributed by atoms with E-state index >= 15 is 0 Å². The molecule has 0 aromatic heterocycles. The van der Waals surface area contributed by atoms with E-state index in [0.29, 0.717) is 43.7 Å². The van der Waals surface area contributed by atoms with Gasteiger partial charge in [0.15, 0.2) is 0 Å². The van der Waals surface area contributed by atoms with Crippen LogP contribution >= 0.6 is 0 Å². The number of ether oxygens (including phenoxy) is 2. The summed E-state index contributed by atoms with van der Waals surface area (Å²) in [5, 5.41) is 17.0. The van der Waals surface area contributed by atoms with E-state index in [-0.39, 0.29) is 30.4 Å². The summed E-state index contributed by atoms with van der Waals surface area (Å²) >= 11 is 0. The van der Waals surface area contributed by atoms with E-state index in [4.69, 9.17) is 9.47 Å². The van der Waals surface area contributed by atoms with Gasteiger partial charge < -0.3 is 30.1 Å². The Hall–Kier alpha value is -3.43. The number of amides is 3. The van der Waals surface area contributed by atoms with Crippen molar-refractivity contribution in [3.05, 3.63) is 60.2 Å². The third-order valence-corrected chi connectivity index (χ3v) is 10.5. The summed E-state index contributed by atoms with van der Waals surface area (Å²) in [6, 6.07) is 15.3. The summed E-state index contributed by atoms with van der Waals surface area (Å²) in [7, 11) is 0. The number of fused-ring (bicyclic) bond motifs is 1. The van der Waals surface area contributed by atoms with Gasteiger partial charge in [0, 0.05) is 11.7 Å². The van der Waals surface area contributed by atoms with Gasteiger partial charge in [0.05, 0.1) is 36.7 Å². The normalized spacial score (nSPS) is 30.2. The van der Waals surface area contributed by atoms with Crippen molar-refractivity contribution in [2.24, 2.45) is 11.8 Å². The number of aliphatic hydroxyl groups excluding tert-OH is 1. The molecule has 6 rings (SSSR count). The highest BCUT2D eigenvalue weighted by Gasteiger charge is 2.79. The van der Waals surface area contributed by atoms with Crippen LogP contribution in [0.15, 0.2) is 54.6 Å². The zero-order valence-electron chi connectivity index (χ0n) is 25.8. The Labute approximate surface area is 259 Å². The molecule has 4 fully saturated rings. The second kappa shape index (κ2) is 12.5. The van der Waals surface area contributed by atoms with Gasteiger partial charge in [0.25, 0.3) is 0 Å². The van der Waals surface area contributed by atoms with E-state index in [2.05, 4.69) is 10.6 Å². The van der Waals surface area contributed by atoms with Crippen molar-refractivity contribution in [3.63, 3.8) is 0 Å². The van der Waals surface area contributed by atoms with Gasteiger partial charge in [-0.2, -0.15) is 0 Å². The summed E-state index contributed by atoms with van der Waals surface area (Å²) in [4.78, 5) is 44.7. The van der Waals surface area contributed by atoms with Crippen LogP contribution in [-0.4, -0.2) is 70.3 Å². The summed E-state index contributed by atoms with van der Waals surface area (Å²) in [5.74, 6) is -1.70. The minimum atomic E-state index is -1.14. The maximum absolute atomic E-state index is 14.7. The number of benzene rings is 2. The molecule has 3 amide bonds. The molecule has 3 aliphatic heterocycles. The minimum absolute atomic E-state index is 0.0443. The second-order valence-corrected chi connectivity index (χ2v) is 12.9. The number of aliphatic hydroxyl groups is 1. The minimum Gasteiger partial charge on any atom is -0.494 e. The molecule has 9 nitrogen and oxygen atoms in total. The smallest absolute Gasteiger partial charge is 0.246 e. The number of nitrogens with one attached hydrogen (secondary N) is 2. The first-order chi connectivity index (χ1) is 21.4. The van der Waals surface area contributed by atoms with Gasteiger partial charge >= 0.3 is 0 Å². The van der Waals surface area contributed by atoms with Crippen molar-refractivity contribution in [2.75, 3.05) is 18.5 Å². The SMILES string of the molecule is CCOc1ccc(NC(=O)[C@@H]2[C@H]3C(=O)N([C@@H](CO)Cc4ccccc4)C(C(=O)NC4CCCCC4)C34CC[C@@]2(CC)O4)cc1. The van der Waals surface area contributed by atoms with Crippen LogP contribution in [0.25, 0.3) is 0 Å². The lowest BCUT2D eigenvalue weighted by atomic mass is 9.65. The lowest BCUT2D eigenvalue weighted by Gasteiger charge is -2.38. The summed E-state index contributed by atoms with van der Waals surface area (Å²) in [5.41, 5.74) is -0.427. The van der Waals surface area contributed by atoms with E-state index in [9.17, 15) is 19.5 Å². The van der Waals surface area contributed by atoms with Gasteiger partial charge in [-0.05, 0) is 75.3 Å². The topological polar surface area (TPSA) is 117 Å². The van der Waals surface area contributed by atoms with Crippen molar-refractivity contribution in [1.29, 1.82) is 0 Å². The van der Waals surface area contributed by atoms with Gasteiger partial charge in [0.2, 0.25) is 17.7 Å². The number of rotatable bonds is 11. The average molecular weight is 604 g/mol. The molecule has 2 aromatic rings. The number of hydrogen-bond acceptors (Lipinski definition) is 6. The third-order valence-electron chi connectivity index (χ3n) is 10.5. The maximum Gasteiger partial charge on any atom is 0.246 e. The molecule has 1 saturated carbocycles. The molecule has 3 heterocycles. The Morgan fingerprint density at radius 2 is 1.75 bits per heavy atom. The quantitative estimate of drug-likeness (QED) is 0.354. The first kappa shape index (κ1) is 30.6. The van der Waals surface area contributed by atoms with E-state index in [1.165, 1.54) is 0 Å². The van der Waals surface area contributed by atoms with Crippen molar-refractivity contribution in [2.45, 2.75) is 101 Å². The van der Waals surface area contributed by atoms with Crippen LogP contribution in [0.3, 0.4) is 0 Å². The van der Waals surface area contributed by atoms with Crippen molar-refractivity contribution < 1.29 is 29.0 Å². The molecule has 2 aromatic carbocycles. The number of carbonyl (C=O) groups excluding carboxylic acids is 3. The van der Waals surface area contributed by atoms with E-state index in [1.54, 1.807) is 29.2 Å². The molecule has 1 spiro atoms. The standard InChI is InChI=1S/C35H45N3O6/c1-3-34-19-20-35(44-34)29(28(34)31(40)36-25-15-17-27(18-16-25)43-4-2)33(42)38(26(22-39)21-23-11-7-5-8-12-23)30(35)32(41)37-24-13-9-6-10-14-24/h5,7-8,11-12,15-18,24,26,28-30,39H,3-4,6,9-10,13-14,19-22H2,1-2H3,(H,36,40)(H,37,41)/t26-,28+,29+,30?,34-,35?/m1/s1. The highest BCUT2D eigenvalue weighted by atomic mass is 16.5. The predicted octanol–water partition coefficient (Wildman–Crippen LogP) is 4.23. The molecular weight excluding hydrogens is 558 g/mol. The Balaban J connectivity index is 1.35. The predicted molar refractivity (Wildman–Crippen MR) is 166 cm³/mol. The van der Waals surface area contributed by atoms with Crippen molar-refractivity contribution in [3.8, 4) is 5.75 Å². The molecule has 44 heavy (non-hydrogen) atoms. The van der Waals surface area contributed by atoms with E-state index in [0.717, 1.165) is 37.7 Å². The molecule has 0 radical (unpaired) electrons. The second-order valence-electron chi connectivity index (χ2n) is 12.9. The molecule has 2 unspecified atom stereocenters. The number of hydrogen-bond donors (Lipinski definition) is 3. The van der Waals surface area contributed by atoms with Gasteiger partial charge in [0.1, 0.15) is 17.4 Å². The number of likely N-dealkylation sites (tertiary alicyclic amines) is 1. The van der Waals surface area contributed by atoms with E-state index < -0.39 is 35.1 Å². The zero-order valence-corrected chi connectivity index (χ0v) is 25.8. The summed E-state index contributed by atoms with van der Waals surface area (Å²) in [6.07, 6.45) is 7.11. The lowest BCUT2D eigenvalue weighted by Crippen LogP contribution is -2.59. The van der Waals surface area contributed by atoms with Crippen LogP contribution in [0.5, 0.6) is 5.75 Å². The molecule has 2 bridgehead atoms. The molecule has 236 valence electrons. The number of carbonyl (C=O) groups is 3. The van der Waals surface area contributed by atoms with Gasteiger partial charge in [-0.1, -0.05) is 56.5 Å². The first-order valence-electron chi connectivity index (χ1n) is 16.4. The fourth-order valence-corrected chi connectivity index (χ4v) is 8.43. The van der Waals surface area contributed by atoms with Crippen LogP contribution in [0.4, 0.5) is 5.69 Å². The monoisotopic (exact) mass is 603 g/mol. The Morgan fingerprint density at radius 3 is 2.41 bits per heavy atom. The molecule has 4 aliphatic rings. The molecule has 9 heteroatoms. The number of nitrogens with zero attached hydrogens (tertiary/aromatic N) is 1. The largest absolute Gasteiger partial charge is 0.494 e. The summed E-state index contributed by atoms with van der Waals surface area (Å²) < 4.78 is 12.5. The van der Waals surface area contributed by atoms with Gasteiger partial charge in [-0.3, -0.25) is 14.4 Å². The zero-order chi connectivity index (χ0) is 30.9. The van der Waals surface area contributed by atoms with E-state index in [1.807, 2.05) is 44.2 Å². The van der Waals surface area contributed by atoms with Crippen LogP contribution in [0.1, 0.15) is 70.8 Å².